The number of carbonyl (C=O) groups is 1. The molecule has 0 aromatic heterocycles. The Kier molecular flexibility index (Phi) is 3.39. The molecule has 1 aromatic rings. The van der Waals surface area contributed by atoms with Crippen molar-refractivity contribution in [3.63, 3.8) is 0 Å². The lowest BCUT2D eigenvalue weighted by Gasteiger charge is -2.31. The Bertz CT molecular complexity index is 469. The number of fused-ring (bicyclic) bond motifs is 1. The summed E-state index contributed by atoms with van der Waals surface area (Å²) < 4.78 is 0. The topological polar surface area (TPSA) is 32.3 Å². The number of carbonyl (C=O) groups excluding carboxylic acids is 1. The van der Waals surface area contributed by atoms with Crippen LogP contribution in [0.25, 0.3) is 0 Å². The summed E-state index contributed by atoms with van der Waals surface area (Å²) in [7, 11) is 0. The van der Waals surface area contributed by atoms with Crippen molar-refractivity contribution in [2.75, 3.05) is 13.1 Å². The highest BCUT2D eigenvalue weighted by atomic mass is 79.9. The van der Waals surface area contributed by atoms with E-state index in [1.165, 1.54) is 11.1 Å². The SMILES string of the molecule is O=C1c2ccc(CBr)cc2CN1C1CCCNC1. The third-order valence-corrected chi connectivity index (χ3v) is 4.52. The van der Waals surface area contributed by atoms with E-state index in [2.05, 4.69) is 27.3 Å². The van der Waals surface area contributed by atoms with Crippen LogP contribution in [0.3, 0.4) is 0 Å². The van der Waals surface area contributed by atoms with Crippen molar-refractivity contribution in [2.24, 2.45) is 0 Å². The van der Waals surface area contributed by atoms with Gasteiger partial charge in [-0.25, -0.2) is 0 Å². The Labute approximate surface area is 116 Å². The van der Waals surface area contributed by atoms with Gasteiger partial charge in [-0.1, -0.05) is 28.1 Å². The fraction of sp³-hybridized carbons (Fsp3) is 0.500. The number of piperidine rings is 1. The van der Waals surface area contributed by atoms with Crippen molar-refractivity contribution in [2.45, 2.75) is 30.8 Å². The zero-order chi connectivity index (χ0) is 12.5. The van der Waals surface area contributed by atoms with E-state index in [1.54, 1.807) is 0 Å². The molecule has 0 aliphatic carbocycles. The van der Waals surface area contributed by atoms with Gasteiger partial charge in [0.1, 0.15) is 0 Å². The summed E-state index contributed by atoms with van der Waals surface area (Å²) in [5.74, 6) is 0.208. The van der Waals surface area contributed by atoms with Crippen LogP contribution in [0.1, 0.15) is 34.3 Å². The van der Waals surface area contributed by atoms with Crippen molar-refractivity contribution >= 4 is 21.8 Å². The Morgan fingerprint density at radius 3 is 3.06 bits per heavy atom. The van der Waals surface area contributed by atoms with E-state index in [1.807, 2.05) is 17.0 Å². The van der Waals surface area contributed by atoms with Crippen LogP contribution in [0, 0.1) is 0 Å². The van der Waals surface area contributed by atoms with E-state index >= 15 is 0 Å². The minimum atomic E-state index is 0.208. The number of nitrogens with one attached hydrogen (secondary N) is 1. The van der Waals surface area contributed by atoms with Crippen molar-refractivity contribution in [1.82, 2.24) is 10.2 Å². The molecular formula is C14H17BrN2O. The minimum Gasteiger partial charge on any atom is -0.330 e. The second kappa shape index (κ2) is 5.02. The maximum absolute atomic E-state index is 12.4. The van der Waals surface area contributed by atoms with Crippen LogP contribution in [0.2, 0.25) is 0 Å². The molecule has 2 aliphatic heterocycles. The van der Waals surface area contributed by atoms with Crippen LogP contribution in [-0.4, -0.2) is 29.9 Å². The Hall–Kier alpha value is -0.870. The predicted molar refractivity (Wildman–Crippen MR) is 74.8 cm³/mol. The maximum Gasteiger partial charge on any atom is 0.254 e. The summed E-state index contributed by atoms with van der Waals surface area (Å²) in [5, 5.41) is 4.23. The molecule has 0 bridgehead atoms. The first kappa shape index (κ1) is 12.2. The molecule has 1 aromatic carbocycles. The molecule has 2 aliphatic rings. The van der Waals surface area contributed by atoms with Crippen LogP contribution in [0.15, 0.2) is 18.2 Å². The third-order valence-electron chi connectivity index (χ3n) is 3.87. The quantitative estimate of drug-likeness (QED) is 0.850. The molecule has 2 heterocycles. The van der Waals surface area contributed by atoms with Crippen molar-refractivity contribution in [3.05, 3.63) is 34.9 Å². The molecule has 1 amide bonds. The largest absolute Gasteiger partial charge is 0.330 e. The van der Waals surface area contributed by atoms with E-state index in [-0.39, 0.29) is 5.91 Å². The van der Waals surface area contributed by atoms with Crippen molar-refractivity contribution < 1.29 is 4.79 Å². The molecule has 96 valence electrons. The number of hydrogen-bond acceptors (Lipinski definition) is 2. The van der Waals surface area contributed by atoms with Gasteiger partial charge in [-0.3, -0.25) is 4.79 Å². The van der Waals surface area contributed by atoms with Gasteiger partial charge >= 0.3 is 0 Å². The molecule has 0 radical (unpaired) electrons. The number of nitrogens with zero attached hydrogens (tertiary/aromatic N) is 1. The summed E-state index contributed by atoms with van der Waals surface area (Å²) in [6, 6.07) is 6.53. The summed E-state index contributed by atoms with van der Waals surface area (Å²) in [5.41, 5.74) is 3.32. The van der Waals surface area contributed by atoms with Crippen LogP contribution in [0.5, 0.6) is 0 Å². The van der Waals surface area contributed by atoms with Gasteiger partial charge in [0, 0.05) is 30.0 Å². The van der Waals surface area contributed by atoms with Gasteiger partial charge in [0.15, 0.2) is 0 Å². The first-order valence-electron chi connectivity index (χ1n) is 6.49. The first-order chi connectivity index (χ1) is 8.79. The van der Waals surface area contributed by atoms with Crippen LogP contribution in [-0.2, 0) is 11.9 Å². The van der Waals surface area contributed by atoms with Crippen molar-refractivity contribution in [3.8, 4) is 0 Å². The van der Waals surface area contributed by atoms with E-state index in [0.717, 1.165) is 43.4 Å². The summed E-state index contributed by atoms with van der Waals surface area (Å²) in [6.07, 6.45) is 2.29. The number of benzene rings is 1. The number of alkyl halides is 1. The van der Waals surface area contributed by atoms with E-state index in [9.17, 15) is 4.79 Å². The normalized spacial score (nSPS) is 23.3. The standard InChI is InChI=1S/C14H17BrN2O/c15-7-10-3-4-13-11(6-10)9-17(14(13)18)12-2-1-5-16-8-12/h3-4,6,12,16H,1-2,5,7-9H2. The molecule has 1 N–H and O–H groups in total. The minimum absolute atomic E-state index is 0.208. The number of rotatable bonds is 2. The van der Waals surface area contributed by atoms with Gasteiger partial charge in [-0.15, -0.1) is 0 Å². The van der Waals surface area contributed by atoms with Gasteiger partial charge in [-0.05, 0) is 36.6 Å². The molecule has 1 saturated heterocycles. The highest BCUT2D eigenvalue weighted by molar-refractivity contribution is 9.08. The zero-order valence-electron chi connectivity index (χ0n) is 10.3. The fourth-order valence-electron chi connectivity index (χ4n) is 2.87. The summed E-state index contributed by atoms with van der Waals surface area (Å²) in [6.45, 7) is 2.80. The van der Waals surface area contributed by atoms with E-state index in [0.29, 0.717) is 6.04 Å². The molecule has 3 nitrogen and oxygen atoms in total. The lowest BCUT2D eigenvalue weighted by molar-refractivity contribution is 0.0674. The van der Waals surface area contributed by atoms with Crippen LogP contribution < -0.4 is 5.32 Å². The lowest BCUT2D eigenvalue weighted by atomic mass is 10.1. The van der Waals surface area contributed by atoms with Gasteiger partial charge in [-0.2, -0.15) is 0 Å². The monoisotopic (exact) mass is 308 g/mol. The fourth-order valence-corrected chi connectivity index (χ4v) is 3.22. The average Bonchev–Trinajstić information content (AvgIpc) is 2.76. The molecule has 18 heavy (non-hydrogen) atoms. The Morgan fingerprint density at radius 2 is 2.33 bits per heavy atom. The second-order valence-corrected chi connectivity index (χ2v) is 5.62. The molecule has 1 atom stereocenters. The van der Waals surface area contributed by atoms with Crippen LogP contribution in [0.4, 0.5) is 0 Å². The smallest absolute Gasteiger partial charge is 0.254 e. The highest BCUT2D eigenvalue weighted by Crippen LogP contribution is 2.28. The van der Waals surface area contributed by atoms with E-state index in [4.69, 9.17) is 0 Å². The molecule has 1 unspecified atom stereocenters. The first-order valence-corrected chi connectivity index (χ1v) is 7.61. The number of hydrogen-bond donors (Lipinski definition) is 1. The number of amides is 1. The summed E-state index contributed by atoms with van der Waals surface area (Å²) in [4.78, 5) is 14.4. The number of halogens is 1. The zero-order valence-corrected chi connectivity index (χ0v) is 11.9. The predicted octanol–water partition coefficient (Wildman–Crippen LogP) is 2.29. The molecule has 1 fully saturated rings. The molecule has 3 rings (SSSR count). The Morgan fingerprint density at radius 1 is 1.44 bits per heavy atom. The van der Waals surface area contributed by atoms with E-state index < -0.39 is 0 Å². The summed E-state index contributed by atoms with van der Waals surface area (Å²) >= 11 is 3.46. The Balaban J connectivity index is 1.83. The van der Waals surface area contributed by atoms with Crippen LogP contribution >= 0.6 is 15.9 Å². The third kappa shape index (κ3) is 2.08. The average molecular weight is 309 g/mol. The second-order valence-electron chi connectivity index (χ2n) is 5.06. The molecule has 4 heteroatoms. The van der Waals surface area contributed by atoms with Gasteiger partial charge in [0.2, 0.25) is 0 Å². The van der Waals surface area contributed by atoms with Crippen molar-refractivity contribution in [1.29, 1.82) is 0 Å². The van der Waals surface area contributed by atoms with Gasteiger partial charge < -0.3 is 10.2 Å². The van der Waals surface area contributed by atoms with Gasteiger partial charge in [0.25, 0.3) is 5.91 Å². The highest BCUT2D eigenvalue weighted by Gasteiger charge is 2.33. The molecule has 0 spiro atoms. The maximum atomic E-state index is 12.4. The molecular weight excluding hydrogens is 292 g/mol. The molecule has 0 saturated carbocycles. The lowest BCUT2D eigenvalue weighted by Crippen LogP contribution is -2.46. The van der Waals surface area contributed by atoms with Gasteiger partial charge in [0.05, 0.1) is 0 Å².